The van der Waals surface area contributed by atoms with Crippen LogP contribution in [0.2, 0.25) is 0 Å². The van der Waals surface area contributed by atoms with Crippen LogP contribution in [0.15, 0.2) is 0 Å². The molecular weight excluding hydrogens is 204 g/mol. The Hall–Kier alpha value is 0.540. The van der Waals surface area contributed by atoms with Crippen LogP contribution in [0, 0.1) is 5.92 Å². The molecule has 76 valence electrons. The molecule has 4 atom stereocenters. The van der Waals surface area contributed by atoms with Crippen molar-refractivity contribution in [1.29, 1.82) is 0 Å². The van der Waals surface area contributed by atoms with Crippen molar-refractivity contribution in [3.8, 4) is 0 Å². The van der Waals surface area contributed by atoms with Gasteiger partial charge in [-0.1, -0.05) is 0 Å². The van der Waals surface area contributed by atoms with Gasteiger partial charge in [0.25, 0.3) is 0 Å². The van der Waals surface area contributed by atoms with Gasteiger partial charge in [0, 0.05) is 12.5 Å². The average Bonchev–Trinajstić information content (AvgIpc) is 2.63. The molecule has 0 aromatic rings. The van der Waals surface area contributed by atoms with Crippen LogP contribution in [0.1, 0.15) is 0 Å². The van der Waals surface area contributed by atoms with Gasteiger partial charge in [-0.25, -0.2) is 5.43 Å². The summed E-state index contributed by atoms with van der Waals surface area (Å²) in [6.07, 6.45) is 4.69. The largest absolute Gasteiger partial charge is 0.281 e. The first-order valence-corrected chi connectivity index (χ1v) is 6.99. The molecule has 13 heavy (non-hydrogen) atoms. The first kappa shape index (κ1) is 10.1. The number of rotatable bonds is 2. The highest BCUT2D eigenvalue weighted by atomic mass is 32.2. The summed E-state index contributed by atoms with van der Waals surface area (Å²) in [6, 6.07) is 0. The lowest BCUT2D eigenvalue weighted by atomic mass is 10.1. The first-order chi connectivity index (χ1) is 6.35. The van der Waals surface area contributed by atoms with E-state index in [1.807, 2.05) is 23.5 Å². The summed E-state index contributed by atoms with van der Waals surface area (Å²) in [5.41, 5.74) is 6.82. The Bertz CT molecular complexity index is 180. The van der Waals surface area contributed by atoms with Crippen LogP contribution in [0.3, 0.4) is 0 Å². The molecule has 2 saturated heterocycles. The number of nitrogens with one attached hydrogen (secondary N) is 4. The van der Waals surface area contributed by atoms with Crippen molar-refractivity contribution in [3.05, 3.63) is 0 Å². The molecule has 0 bridgehead atoms. The van der Waals surface area contributed by atoms with Crippen LogP contribution in [-0.2, 0) is 0 Å². The summed E-state index contributed by atoms with van der Waals surface area (Å²) in [5.74, 6) is 0.637. The van der Waals surface area contributed by atoms with Crippen LogP contribution in [0.4, 0.5) is 0 Å². The Labute approximate surface area is 87.3 Å². The lowest BCUT2D eigenvalue weighted by molar-refractivity contribution is 0.270. The van der Waals surface area contributed by atoms with Gasteiger partial charge in [-0.15, -0.1) is 23.5 Å². The summed E-state index contributed by atoms with van der Waals surface area (Å²) in [7, 11) is 0. The topological polar surface area (TPSA) is 48.1 Å². The molecule has 2 fully saturated rings. The van der Waals surface area contributed by atoms with E-state index in [9.17, 15) is 0 Å². The highest BCUT2D eigenvalue weighted by Crippen LogP contribution is 2.25. The molecule has 4 unspecified atom stereocenters. The Morgan fingerprint density at radius 1 is 1.15 bits per heavy atom. The Balaban J connectivity index is 2.01. The molecule has 2 aliphatic heterocycles. The van der Waals surface area contributed by atoms with Crippen molar-refractivity contribution in [2.45, 2.75) is 17.0 Å². The third-order valence-corrected chi connectivity index (χ3v) is 4.29. The predicted octanol–water partition coefficient (Wildman–Crippen LogP) is -0.435. The van der Waals surface area contributed by atoms with E-state index in [4.69, 9.17) is 0 Å². The van der Waals surface area contributed by atoms with Crippen molar-refractivity contribution in [3.63, 3.8) is 0 Å². The maximum absolute atomic E-state index is 3.56. The van der Waals surface area contributed by atoms with E-state index in [1.165, 1.54) is 0 Å². The first-order valence-electron chi connectivity index (χ1n) is 4.41. The molecule has 0 saturated carbocycles. The standard InChI is InChI=1S/C7H16N4S2/c1-12-6-4-3-8-11-5(4)9-7(10-6)13-2/h4-11H,3H2,1-2H3. The highest BCUT2D eigenvalue weighted by Gasteiger charge is 2.39. The maximum atomic E-state index is 3.56. The van der Waals surface area contributed by atoms with Gasteiger partial charge in [-0.05, 0) is 12.5 Å². The molecule has 0 aromatic carbocycles. The molecular formula is C7H16N4S2. The van der Waals surface area contributed by atoms with E-state index in [0.29, 0.717) is 23.0 Å². The summed E-state index contributed by atoms with van der Waals surface area (Å²) in [5, 5.41) is 7.60. The fourth-order valence-corrected chi connectivity index (χ4v) is 3.35. The van der Waals surface area contributed by atoms with E-state index < -0.39 is 0 Å². The molecule has 0 radical (unpaired) electrons. The Morgan fingerprint density at radius 2 is 2.00 bits per heavy atom. The normalized spacial score (nSPS) is 44.8. The summed E-state index contributed by atoms with van der Waals surface area (Å²) in [4.78, 5) is 0. The van der Waals surface area contributed by atoms with Crippen LogP contribution in [0.5, 0.6) is 0 Å². The number of thioether (sulfide) groups is 2. The number of hydrogen-bond donors (Lipinski definition) is 4. The second kappa shape index (κ2) is 4.37. The molecule has 4 nitrogen and oxygen atoms in total. The van der Waals surface area contributed by atoms with Crippen LogP contribution < -0.4 is 21.5 Å². The molecule has 0 spiro atoms. The van der Waals surface area contributed by atoms with Gasteiger partial charge in [0.2, 0.25) is 0 Å². The molecule has 2 aliphatic rings. The molecule has 2 heterocycles. The van der Waals surface area contributed by atoms with Gasteiger partial charge in [-0.2, -0.15) is 0 Å². The third-order valence-electron chi connectivity index (χ3n) is 2.55. The maximum Gasteiger partial charge on any atom is 0.107 e. The summed E-state index contributed by atoms with van der Waals surface area (Å²) < 4.78 is 0. The van der Waals surface area contributed by atoms with Crippen LogP contribution in [-0.4, -0.2) is 36.1 Å². The lowest BCUT2D eigenvalue weighted by Crippen LogP contribution is -2.62. The van der Waals surface area contributed by atoms with E-state index in [1.54, 1.807) is 0 Å². The lowest BCUT2D eigenvalue weighted by Gasteiger charge is -2.38. The fourth-order valence-electron chi connectivity index (χ4n) is 1.82. The van der Waals surface area contributed by atoms with Gasteiger partial charge >= 0.3 is 0 Å². The predicted molar refractivity (Wildman–Crippen MR) is 59.3 cm³/mol. The molecule has 0 aromatic heterocycles. The van der Waals surface area contributed by atoms with Crippen molar-refractivity contribution >= 4 is 23.5 Å². The molecule has 2 rings (SSSR count). The van der Waals surface area contributed by atoms with Gasteiger partial charge < -0.3 is 0 Å². The molecule has 0 amide bonds. The van der Waals surface area contributed by atoms with E-state index in [2.05, 4.69) is 34.0 Å². The minimum atomic E-state index is 0.367. The second-order valence-electron chi connectivity index (χ2n) is 3.27. The quantitative estimate of drug-likeness (QED) is 0.506. The van der Waals surface area contributed by atoms with Gasteiger partial charge in [0.05, 0.1) is 11.5 Å². The summed E-state index contributed by atoms with van der Waals surface area (Å²) >= 11 is 3.71. The Kier molecular flexibility index (Phi) is 3.39. The van der Waals surface area contributed by atoms with Gasteiger partial charge in [0.1, 0.15) is 5.50 Å². The van der Waals surface area contributed by atoms with Gasteiger partial charge in [0.15, 0.2) is 0 Å². The van der Waals surface area contributed by atoms with Gasteiger partial charge in [-0.3, -0.25) is 16.1 Å². The number of hydrazine groups is 1. The average molecular weight is 220 g/mol. The fraction of sp³-hybridized carbons (Fsp3) is 1.00. The van der Waals surface area contributed by atoms with E-state index in [0.717, 1.165) is 6.54 Å². The minimum absolute atomic E-state index is 0.367. The van der Waals surface area contributed by atoms with E-state index in [-0.39, 0.29) is 0 Å². The zero-order valence-corrected chi connectivity index (χ0v) is 9.47. The monoisotopic (exact) mass is 220 g/mol. The van der Waals surface area contributed by atoms with Crippen LogP contribution in [0.25, 0.3) is 0 Å². The zero-order chi connectivity index (χ0) is 9.26. The number of fused-ring (bicyclic) bond motifs is 1. The molecule has 6 heteroatoms. The SMILES string of the molecule is CSC1NC2NNCC2C(SC)N1. The molecule has 0 aliphatic carbocycles. The third kappa shape index (κ3) is 1.98. The number of hydrogen-bond acceptors (Lipinski definition) is 6. The van der Waals surface area contributed by atoms with Crippen molar-refractivity contribution in [2.24, 2.45) is 5.92 Å². The minimum Gasteiger partial charge on any atom is -0.281 e. The molecule has 4 N–H and O–H groups in total. The van der Waals surface area contributed by atoms with Crippen molar-refractivity contribution in [1.82, 2.24) is 21.5 Å². The second-order valence-corrected chi connectivity index (χ2v) is 5.19. The summed E-state index contributed by atoms with van der Waals surface area (Å²) in [6.45, 7) is 1.04. The van der Waals surface area contributed by atoms with Crippen molar-refractivity contribution in [2.75, 3.05) is 19.1 Å². The van der Waals surface area contributed by atoms with Crippen molar-refractivity contribution < 1.29 is 0 Å². The zero-order valence-electron chi connectivity index (χ0n) is 7.83. The van der Waals surface area contributed by atoms with Crippen LogP contribution >= 0.6 is 23.5 Å². The Morgan fingerprint density at radius 3 is 2.69 bits per heavy atom. The smallest absolute Gasteiger partial charge is 0.107 e. The van der Waals surface area contributed by atoms with E-state index >= 15 is 0 Å². The highest BCUT2D eigenvalue weighted by molar-refractivity contribution is 8.00.